The van der Waals surface area contributed by atoms with Gasteiger partial charge < -0.3 is 15.5 Å². The van der Waals surface area contributed by atoms with Gasteiger partial charge in [0.2, 0.25) is 5.91 Å². The van der Waals surface area contributed by atoms with E-state index in [-0.39, 0.29) is 17.9 Å². The fourth-order valence-electron chi connectivity index (χ4n) is 3.55. The van der Waals surface area contributed by atoms with Crippen molar-refractivity contribution >= 4 is 11.9 Å². The Morgan fingerprint density at radius 2 is 1.81 bits per heavy atom. The number of amides is 3. The summed E-state index contributed by atoms with van der Waals surface area (Å²) in [5, 5.41) is 5.91. The molecule has 1 fully saturated rings. The van der Waals surface area contributed by atoms with E-state index >= 15 is 0 Å². The molecule has 1 saturated heterocycles. The molecule has 0 aromatic heterocycles. The maximum absolute atomic E-state index is 12.6. The van der Waals surface area contributed by atoms with Gasteiger partial charge in [0.15, 0.2) is 0 Å². The van der Waals surface area contributed by atoms with E-state index in [1.165, 1.54) is 5.56 Å². The molecule has 0 saturated carbocycles. The number of carbonyl (C=O) groups excluding carboxylic acids is 2. The molecule has 1 aromatic rings. The van der Waals surface area contributed by atoms with Crippen molar-refractivity contribution in [3.63, 3.8) is 0 Å². The Kier molecular flexibility index (Phi) is 8.58. The summed E-state index contributed by atoms with van der Waals surface area (Å²) in [7, 11) is 0. The number of likely N-dealkylation sites (tertiary alicyclic amines) is 1. The second kappa shape index (κ2) is 10.9. The van der Waals surface area contributed by atoms with Crippen LogP contribution in [0, 0.1) is 5.92 Å². The SMILES string of the molecule is CCNC(=O)C1CCCN(C(=O)NCc2ccccc2CN(CC)CC)C1. The fourth-order valence-corrected chi connectivity index (χ4v) is 3.55. The van der Waals surface area contributed by atoms with Gasteiger partial charge in [0.1, 0.15) is 0 Å². The summed E-state index contributed by atoms with van der Waals surface area (Å²) in [5.74, 6) is -0.0426. The monoisotopic (exact) mass is 374 g/mol. The normalized spacial score (nSPS) is 17.0. The van der Waals surface area contributed by atoms with E-state index in [0.717, 1.165) is 38.0 Å². The van der Waals surface area contributed by atoms with Crippen molar-refractivity contribution in [2.24, 2.45) is 5.92 Å². The van der Waals surface area contributed by atoms with Gasteiger partial charge in [-0.25, -0.2) is 4.79 Å². The number of nitrogens with one attached hydrogen (secondary N) is 2. The number of benzene rings is 1. The van der Waals surface area contributed by atoms with E-state index in [4.69, 9.17) is 0 Å². The summed E-state index contributed by atoms with van der Waals surface area (Å²) in [5.41, 5.74) is 2.40. The van der Waals surface area contributed by atoms with E-state index in [1.54, 1.807) is 4.90 Å². The van der Waals surface area contributed by atoms with Crippen LogP contribution < -0.4 is 10.6 Å². The van der Waals surface area contributed by atoms with Gasteiger partial charge in [0, 0.05) is 32.7 Å². The van der Waals surface area contributed by atoms with Crippen LogP contribution in [0.1, 0.15) is 44.7 Å². The Morgan fingerprint density at radius 1 is 1.11 bits per heavy atom. The second-order valence-corrected chi connectivity index (χ2v) is 7.07. The first-order valence-electron chi connectivity index (χ1n) is 10.2. The molecule has 0 radical (unpaired) electrons. The minimum atomic E-state index is -0.0978. The molecule has 1 heterocycles. The minimum Gasteiger partial charge on any atom is -0.356 e. The Bertz CT molecular complexity index is 616. The van der Waals surface area contributed by atoms with Crippen LogP contribution in [-0.4, -0.2) is 54.5 Å². The number of piperidine rings is 1. The predicted octanol–water partition coefficient (Wildman–Crippen LogP) is 2.59. The molecule has 1 aliphatic rings. The molecule has 1 aliphatic heterocycles. The molecule has 2 rings (SSSR count). The molecule has 3 amide bonds. The van der Waals surface area contributed by atoms with Crippen molar-refractivity contribution in [2.45, 2.75) is 46.7 Å². The van der Waals surface area contributed by atoms with Crippen LogP contribution >= 0.6 is 0 Å². The van der Waals surface area contributed by atoms with Gasteiger partial charge in [-0.3, -0.25) is 9.69 Å². The molecular weight excluding hydrogens is 340 g/mol. The summed E-state index contributed by atoms with van der Waals surface area (Å²) < 4.78 is 0. The Labute approximate surface area is 163 Å². The van der Waals surface area contributed by atoms with Crippen LogP contribution in [0.3, 0.4) is 0 Å². The first-order chi connectivity index (χ1) is 13.1. The van der Waals surface area contributed by atoms with Crippen molar-refractivity contribution < 1.29 is 9.59 Å². The first-order valence-corrected chi connectivity index (χ1v) is 10.2. The lowest BCUT2D eigenvalue weighted by Gasteiger charge is -2.32. The summed E-state index contributed by atoms with van der Waals surface area (Å²) in [6, 6.07) is 8.19. The molecule has 150 valence electrons. The molecule has 27 heavy (non-hydrogen) atoms. The van der Waals surface area contributed by atoms with Crippen LogP contribution in [0.5, 0.6) is 0 Å². The highest BCUT2D eigenvalue weighted by atomic mass is 16.2. The van der Waals surface area contributed by atoms with Crippen molar-refractivity contribution in [3.05, 3.63) is 35.4 Å². The van der Waals surface area contributed by atoms with E-state index in [2.05, 4.69) is 41.5 Å². The molecular formula is C21H34N4O2. The standard InChI is InChI=1S/C21H34N4O2/c1-4-22-20(26)19-12-9-13-25(16-19)21(27)23-14-17-10-7-8-11-18(17)15-24(5-2)6-3/h7-8,10-11,19H,4-6,9,12-16H2,1-3H3,(H,22,26)(H,23,27). The van der Waals surface area contributed by atoms with Gasteiger partial charge in [-0.2, -0.15) is 0 Å². The summed E-state index contributed by atoms with van der Waals surface area (Å²) in [6.45, 7) is 11.5. The van der Waals surface area contributed by atoms with E-state index in [0.29, 0.717) is 26.2 Å². The number of rotatable bonds is 8. The molecule has 1 atom stereocenters. The third kappa shape index (κ3) is 6.24. The lowest BCUT2D eigenvalue weighted by atomic mass is 9.97. The maximum atomic E-state index is 12.6. The Balaban J connectivity index is 1.92. The van der Waals surface area contributed by atoms with Gasteiger partial charge >= 0.3 is 6.03 Å². The number of urea groups is 1. The topological polar surface area (TPSA) is 64.7 Å². The summed E-state index contributed by atoms with van der Waals surface area (Å²) in [4.78, 5) is 28.8. The predicted molar refractivity (Wildman–Crippen MR) is 108 cm³/mol. The van der Waals surface area contributed by atoms with Crippen LogP contribution in [0.4, 0.5) is 4.79 Å². The molecule has 6 heteroatoms. The van der Waals surface area contributed by atoms with Crippen molar-refractivity contribution in [1.82, 2.24) is 20.4 Å². The minimum absolute atomic E-state index is 0.0552. The molecule has 6 nitrogen and oxygen atoms in total. The molecule has 1 aromatic carbocycles. The van der Waals surface area contributed by atoms with Crippen LogP contribution in [0.15, 0.2) is 24.3 Å². The largest absolute Gasteiger partial charge is 0.356 e. The number of nitrogens with zero attached hydrogens (tertiary/aromatic N) is 2. The average Bonchev–Trinajstić information content (AvgIpc) is 2.71. The quantitative estimate of drug-likeness (QED) is 0.735. The maximum Gasteiger partial charge on any atom is 0.317 e. The summed E-state index contributed by atoms with van der Waals surface area (Å²) >= 11 is 0. The Morgan fingerprint density at radius 3 is 2.48 bits per heavy atom. The average molecular weight is 375 g/mol. The zero-order valence-electron chi connectivity index (χ0n) is 17.0. The number of hydrogen-bond donors (Lipinski definition) is 2. The lowest BCUT2D eigenvalue weighted by Crippen LogP contribution is -2.48. The van der Waals surface area contributed by atoms with Crippen molar-refractivity contribution in [1.29, 1.82) is 0 Å². The van der Waals surface area contributed by atoms with E-state index in [9.17, 15) is 9.59 Å². The third-order valence-corrected chi connectivity index (χ3v) is 5.27. The first kappa shape index (κ1) is 21.2. The van der Waals surface area contributed by atoms with Gasteiger partial charge in [-0.15, -0.1) is 0 Å². The van der Waals surface area contributed by atoms with Crippen molar-refractivity contribution in [2.75, 3.05) is 32.7 Å². The molecule has 1 unspecified atom stereocenters. The summed E-state index contributed by atoms with van der Waals surface area (Å²) in [6.07, 6.45) is 1.72. The Hall–Kier alpha value is -2.08. The second-order valence-electron chi connectivity index (χ2n) is 7.07. The van der Waals surface area contributed by atoms with Crippen LogP contribution in [-0.2, 0) is 17.9 Å². The number of hydrogen-bond acceptors (Lipinski definition) is 3. The van der Waals surface area contributed by atoms with Crippen LogP contribution in [0.25, 0.3) is 0 Å². The van der Waals surface area contributed by atoms with Crippen molar-refractivity contribution in [3.8, 4) is 0 Å². The highest BCUT2D eigenvalue weighted by molar-refractivity contribution is 5.80. The fraction of sp³-hybridized carbons (Fsp3) is 0.619. The van der Waals surface area contributed by atoms with Gasteiger partial charge in [-0.05, 0) is 44.0 Å². The highest BCUT2D eigenvalue weighted by Gasteiger charge is 2.28. The highest BCUT2D eigenvalue weighted by Crippen LogP contribution is 2.17. The molecule has 0 aliphatic carbocycles. The van der Waals surface area contributed by atoms with E-state index < -0.39 is 0 Å². The zero-order chi connectivity index (χ0) is 19.6. The number of carbonyl (C=O) groups is 2. The molecule has 2 N–H and O–H groups in total. The van der Waals surface area contributed by atoms with Crippen LogP contribution in [0.2, 0.25) is 0 Å². The van der Waals surface area contributed by atoms with Gasteiger partial charge in [0.05, 0.1) is 5.92 Å². The third-order valence-electron chi connectivity index (χ3n) is 5.27. The lowest BCUT2D eigenvalue weighted by molar-refractivity contribution is -0.126. The zero-order valence-corrected chi connectivity index (χ0v) is 17.0. The van der Waals surface area contributed by atoms with Gasteiger partial charge in [-0.1, -0.05) is 38.1 Å². The molecule has 0 bridgehead atoms. The van der Waals surface area contributed by atoms with E-state index in [1.807, 2.05) is 19.1 Å². The molecule has 0 spiro atoms. The van der Waals surface area contributed by atoms with Gasteiger partial charge in [0.25, 0.3) is 0 Å². The smallest absolute Gasteiger partial charge is 0.317 e.